The zero-order valence-corrected chi connectivity index (χ0v) is 9.93. The van der Waals surface area contributed by atoms with Crippen LogP contribution in [0.5, 0.6) is 0 Å². The van der Waals surface area contributed by atoms with E-state index >= 15 is 0 Å². The van der Waals surface area contributed by atoms with E-state index < -0.39 is 0 Å². The maximum atomic E-state index is 12.2. The molecule has 1 aliphatic heterocycles. The molecule has 2 nitrogen and oxygen atoms in total. The molecule has 1 heterocycles. The van der Waals surface area contributed by atoms with Crippen molar-refractivity contribution in [3.05, 3.63) is 0 Å². The third-order valence-corrected chi connectivity index (χ3v) is 4.31. The Morgan fingerprint density at radius 1 is 1.13 bits per heavy atom. The Morgan fingerprint density at radius 2 is 1.87 bits per heavy atom. The van der Waals surface area contributed by atoms with Crippen molar-refractivity contribution in [3.8, 4) is 0 Å². The Labute approximate surface area is 93.0 Å². The molecule has 1 saturated heterocycles. The predicted molar refractivity (Wildman–Crippen MR) is 61.9 cm³/mol. The molecular weight excluding hydrogens is 186 g/mol. The monoisotopic (exact) mass is 209 g/mol. The van der Waals surface area contributed by atoms with Gasteiger partial charge in [0.2, 0.25) is 0 Å². The van der Waals surface area contributed by atoms with Gasteiger partial charge in [0, 0.05) is 6.42 Å². The van der Waals surface area contributed by atoms with Crippen molar-refractivity contribution in [2.45, 2.75) is 63.8 Å². The molecule has 0 aromatic heterocycles. The minimum atomic E-state index is -0.0569. The van der Waals surface area contributed by atoms with Gasteiger partial charge in [-0.15, -0.1) is 0 Å². The molecular formula is C13H23NO. The van der Waals surface area contributed by atoms with E-state index in [2.05, 4.69) is 11.8 Å². The zero-order chi connectivity index (χ0) is 10.7. The van der Waals surface area contributed by atoms with Crippen molar-refractivity contribution in [3.63, 3.8) is 0 Å². The van der Waals surface area contributed by atoms with Crippen molar-refractivity contribution >= 4 is 5.78 Å². The van der Waals surface area contributed by atoms with E-state index in [1.807, 2.05) is 0 Å². The normalized spacial score (nSPS) is 34.3. The van der Waals surface area contributed by atoms with Gasteiger partial charge in [0.25, 0.3) is 0 Å². The van der Waals surface area contributed by atoms with Gasteiger partial charge in [0.15, 0.2) is 5.78 Å². The highest BCUT2D eigenvalue weighted by molar-refractivity contribution is 5.89. The van der Waals surface area contributed by atoms with Crippen molar-refractivity contribution in [2.75, 3.05) is 13.1 Å². The SMILES string of the molecule is CC[C@]1(N2CCCCC2)CCCCC1=O. The van der Waals surface area contributed by atoms with Gasteiger partial charge < -0.3 is 0 Å². The molecule has 0 unspecified atom stereocenters. The molecule has 0 N–H and O–H groups in total. The molecule has 0 spiro atoms. The second-order valence-electron chi connectivity index (χ2n) is 5.06. The quantitative estimate of drug-likeness (QED) is 0.697. The lowest BCUT2D eigenvalue weighted by Crippen LogP contribution is -2.57. The van der Waals surface area contributed by atoms with Crippen molar-refractivity contribution in [1.29, 1.82) is 0 Å². The fourth-order valence-corrected chi connectivity index (χ4v) is 3.33. The molecule has 2 rings (SSSR count). The summed E-state index contributed by atoms with van der Waals surface area (Å²) >= 11 is 0. The molecule has 2 fully saturated rings. The predicted octanol–water partition coefficient (Wildman–Crippen LogP) is 2.76. The summed E-state index contributed by atoms with van der Waals surface area (Å²) in [7, 11) is 0. The van der Waals surface area contributed by atoms with E-state index in [9.17, 15) is 4.79 Å². The Bertz CT molecular complexity index is 233. The summed E-state index contributed by atoms with van der Waals surface area (Å²) in [5.41, 5.74) is -0.0569. The average molecular weight is 209 g/mol. The van der Waals surface area contributed by atoms with Crippen LogP contribution in [-0.2, 0) is 4.79 Å². The molecule has 0 aromatic carbocycles. The fourth-order valence-electron chi connectivity index (χ4n) is 3.33. The standard InChI is InChI=1S/C13H23NO/c1-2-13(9-5-4-8-12(13)15)14-10-6-3-7-11-14/h2-11H2,1H3/t13-/m0/s1. The van der Waals surface area contributed by atoms with Crippen LogP contribution in [0.25, 0.3) is 0 Å². The van der Waals surface area contributed by atoms with Crippen LogP contribution in [0.3, 0.4) is 0 Å². The molecule has 0 aromatic rings. The van der Waals surface area contributed by atoms with Crippen LogP contribution in [0.15, 0.2) is 0 Å². The minimum absolute atomic E-state index is 0.0569. The Kier molecular flexibility index (Phi) is 3.45. The van der Waals surface area contributed by atoms with E-state index in [1.54, 1.807) is 0 Å². The highest BCUT2D eigenvalue weighted by atomic mass is 16.1. The van der Waals surface area contributed by atoms with E-state index in [4.69, 9.17) is 0 Å². The number of piperidine rings is 1. The molecule has 0 amide bonds. The number of hydrogen-bond acceptors (Lipinski definition) is 2. The van der Waals surface area contributed by atoms with Gasteiger partial charge in [-0.25, -0.2) is 0 Å². The first kappa shape index (κ1) is 11.1. The molecule has 1 atom stereocenters. The van der Waals surface area contributed by atoms with Gasteiger partial charge in [0.1, 0.15) is 0 Å². The maximum absolute atomic E-state index is 12.2. The highest BCUT2D eigenvalue weighted by Gasteiger charge is 2.43. The van der Waals surface area contributed by atoms with Crippen LogP contribution in [0, 0.1) is 0 Å². The van der Waals surface area contributed by atoms with Gasteiger partial charge >= 0.3 is 0 Å². The topological polar surface area (TPSA) is 20.3 Å². The van der Waals surface area contributed by atoms with Crippen LogP contribution >= 0.6 is 0 Å². The van der Waals surface area contributed by atoms with Crippen molar-refractivity contribution in [2.24, 2.45) is 0 Å². The number of ketones is 1. The number of hydrogen-bond donors (Lipinski definition) is 0. The molecule has 0 bridgehead atoms. The van der Waals surface area contributed by atoms with Crippen LogP contribution < -0.4 is 0 Å². The lowest BCUT2D eigenvalue weighted by molar-refractivity contribution is -0.135. The fraction of sp³-hybridized carbons (Fsp3) is 0.923. The minimum Gasteiger partial charge on any atom is -0.298 e. The molecule has 1 aliphatic carbocycles. The Morgan fingerprint density at radius 3 is 2.47 bits per heavy atom. The smallest absolute Gasteiger partial charge is 0.153 e. The summed E-state index contributed by atoms with van der Waals surface area (Å²) in [5.74, 6) is 0.526. The largest absolute Gasteiger partial charge is 0.298 e. The van der Waals surface area contributed by atoms with Crippen LogP contribution in [-0.4, -0.2) is 29.3 Å². The van der Waals surface area contributed by atoms with Crippen LogP contribution in [0.4, 0.5) is 0 Å². The van der Waals surface area contributed by atoms with E-state index in [-0.39, 0.29) is 5.54 Å². The number of Topliss-reactive ketones (excluding diaryl/α,β-unsaturated/α-hetero) is 1. The summed E-state index contributed by atoms with van der Waals surface area (Å²) in [5, 5.41) is 0. The van der Waals surface area contributed by atoms with Crippen molar-refractivity contribution in [1.82, 2.24) is 4.90 Å². The molecule has 1 saturated carbocycles. The third-order valence-electron chi connectivity index (χ3n) is 4.31. The second-order valence-corrected chi connectivity index (χ2v) is 5.06. The molecule has 2 heteroatoms. The number of likely N-dealkylation sites (tertiary alicyclic amines) is 1. The first-order valence-corrected chi connectivity index (χ1v) is 6.58. The summed E-state index contributed by atoms with van der Waals surface area (Å²) in [4.78, 5) is 14.7. The summed E-state index contributed by atoms with van der Waals surface area (Å²) < 4.78 is 0. The molecule has 15 heavy (non-hydrogen) atoms. The maximum Gasteiger partial charge on any atom is 0.153 e. The van der Waals surface area contributed by atoms with Gasteiger partial charge in [-0.05, 0) is 45.2 Å². The summed E-state index contributed by atoms with van der Waals surface area (Å²) in [6, 6.07) is 0. The second kappa shape index (κ2) is 4.65. The lowest BCUT2D eigenvalue weighted by Gasteiger charge is -2.46. The first-order valence-electron chi connectivity index (χ1n) is 6.58. The number of rotatable bonds is 2. The van der Waals surface area contributed by atoms with E-state index in [0.29, 0.717) is 5.78 Å². The highest BCUT2D eigenvalue weighted by Crippen LogP contribution is 2.35. The van der Waals surface area contributed by atoms with Gasteiger partial charge in [-0.3, -0.25) is 9.69 Å². The third kappa shape index (κ3) is 1.96. The average Bonchev–Trinajstić information content (AvgIpc) is 2.31. The summed E-state index contributed by atoms with van der Waals surface area (Å²) in [6.07, 6.45) is 9.25. The van der Waals surface area contributed by atoms with E-state index in [1.165, 1.54) is 25.7 Å². The number of nitrogens with zero attached hydrogens (tertiary/aromatic N) is 1. The zero-order valence-electron chi connectivity index (χ0n) is 9.93. The van der Waals surface area contributed by atoms with Gasteiger partial charge in [0.05, 0.1) is 5.54 Å². The molecule has 86 valence electrons. The van der Waals surface area contributed by atoms with Gasteiger partial charge in [-0.1, -0.05) is 19.8 Å². The van der Waals surface area contributed by atoms with Crippen LogP contribution in [0.2, 0.25) is 0 Å². The Balaban J connectivity index is 2.14. The molecule has 2 aliphatic rings. The number of carbonyl (C=O) groups excluding carboxylic acids is 1. The lowest BCUT2D eigenvalue weighted by atomic mass is 9.76. The van der Waals surface area contributed by atoms with Crippen LogP contribution in [0.1, 0.15) is 58.3 Å². The first-order chi connectivity index (χ1) is 7.29. The number of carbonyl (C=O) groups is 1. The Hall–Kier alpha value is -0.370. The summed E-state index contributed by atoms with van der Waals surface area (Å²) in [6.45, 7) is 4.50. The van der Waals surface area contributed by atoms with E-state index in [0.717, 1.165) is 38.8 Å². The van der Waals surface area contributed by atoms with Gasteiger partial charge in [-0.2, -0.15) is 0 Å². The van der Waals surface area contributed by atoms with Crippen molar-refractivity contribution < 1.29 is 4.79 Å². The molecule has 0 radical (unpaired) electrons.